The molecule has 0 aliphatic rings. The maximum atomic E-state index is 12.9. The van der Waals surface area contributed by atoms with Crippen molar-refractivity contribution in [1.29, 1.82) is 0 Å². The highest BCUT2D eigenvalue weighted by atomic mass is 32.1. The SMILES string of the molecule is CCc1cnc(CNC(=NC)NCCOc2ccccc2C(F)(F)F)s1. The summed E-state index contributed by atoms with van der Waals surface area (Å²) >= 11 is 1.63. The molecule has 0 radical (unpaired) electrons. The molecular weight excluding hydrogens is 365 g/mol. The predicted molar refractivity (Wildman–Crippen MR) is 96.6 cm³/mol. The smallest absolute Gasteiger partial charge is 0.419 e. The second-order valence-electron chi connectivity index (χ2n) is 5.27. The first-order chi connectivity index (χ1) is 12.4. The molecule has 0 saturated heterocycles. The molecule has 0 unspecified atom stereocenters. The van der Waals surface area contributed by atoms with Gasteiger partial charge < -0.3 is 15.4 Å². The van der Waals surface area contributed by atoms with E-state index in [4.69, 9.17) is 4.74 Å². The minimum absolute atomic E-state index is 0.0744. The Bertz CT molecular complexity index is 731. The van der Waals surface area contributed by atoms with Gasteiger partial charge in [0.1, 0.15) is 17.4 Å². The Balaban J connectivity index is 1.78. The number of guanidine groups is 1. The van der Waals surface area contributed by atoms with Crippen LogP contribution in [0.2, 0.25) is 0 Å². The Morgan fingerprint density at radius 2 is 2.04 bits per heavy atom. The molecule has 1 heterocycles. The fourth-order valence-electron chi connectivity index (χ4n) is 2.13. The lowest BCUT2D eigenvalue weighted by molar-refractivity contribution is -0.138. The van der Waals surface area contributed by atoms with E-state index in [1.54, 1.807) is 18.4 Å². The molecular formula is C17H21F3N4OS. The van der Waals surface area contributed by atoms with Crippen LogP contribution in [0.25, 0.3) is 0 Å². The summed E-state index contributed by atoms with van der Waals surface area (Å²) in [4.78, 5) is 9.58. The van der Waals surface area contributed by atoms with Gasteiger partial charge in [-0.15, -0.1) is 11.3 Å². The van der Waals surface area contributed by atoms with Crippen LogP contribution in [-0.4, -0.2) is 31.1 Å². The highest BCUT2D eigenvalue weighted by molar-refractivity contribution is 7.11. The van der Waals surface area contributed by atoms with E-state index in [-0.39, 0.29) is 12.4 Å². The van der Waals surface area contributed by atoms with E-state index >= 15 is 0 Å². The molecule has 26 heavy (non-hydrogen) atoms. The highest BCUT2D eigenvalue weighted by Crippen LogP contribution is 2.35. The Hall–Kier alpha value is -2.29. The van der Waals surface area contributed by atoms with Gasteiger partial charge in [-0.3, -0.25) is 4.99 Å². The number of aromatic nitrogens is 1. The Kier molecular flexibility index (Phi) is 7.26. The first-order valence-corrected chi connectivity index (χ1v) is 8.92. The number of ether oxygens (including phenoxy) is 1. The molecule has 5 nitrogen and oxygen atoms in total. The Morgan fingerprint density at radius 3 is 2.69 bits per heavy atom. The van der Waals surface area contributed by atoms with Gasteiger partial charge in [0.2, 0.25) is 0 Å². The van der Waals surface area contributed by atoms with Crippen molar-refractivity contribution in [3.8, 4) is 5.75 Å². The molecule has 0 spiro atoms. The molecule has 1 aromatic heterocycles. The van der Waals surface area contributed by atoms with Gasteiger partial charge in [0.05, 0.1) is 18.7 Å². The molecule has 9 heteroatoms. The largest absolute Gasteiger partial charge is 0.491 e. The van der Waals surface area contributed by atoms with Crippen molar-refractivity contribution in [3.63, 3.8) is 0 Å². The zero-order valence-electron chi connectivity index (χ0n) is 14.6. The molecule has 0 bridgehead atoms. The third-order valence-electron chi connectivity index (χ3n) is 3.43. The van der Waals surface area contributed by atoms with Crippen LogP contribution in [-0.2, 0) is 19.1 Å². The lowest BCUT2D eigenvalue weighted by Crippen LogP contribution is -2.38. The van der Waals surface area contributed by atoms with Gasteiger partial charge >= 0.3 is 6.18 Å². The predicted octanol–water partition coefficient (Wildman–Crippen LogP) is 3.47. The van der Waals surface area contributed by atoms with Gasteiger partial charge in [-0.1, -0.05) is 19.1 Å². The standard InChI is InChI=1S/C17H21F3N4OS/c1-3-12-10-23-15(26-12)11-24-16(21-2)22-8-9-25-14-7-5-4-6-13(14)17(18,19)20/h4-7,10H,3,8-9,11H2,1-2H3,(H2,21,22,24). The highest BCUT2D eigenvalue weighted by Gasteiger charge is 2.33. The van der Waals surface area contributed by atoms with E-state index in [1.165, 1.54) is 23.1 Å². The number of thiazole rings is 1. The van der Waals surface area contributed by atoms with E-state index < -0.39 is 11.7 Å². The normalized spacial score (nSPS) is 12.1. The van der Waals surface area contributed by atoms with Crippen LogP contribution in [0.1, 0.15) is 22.4 Å². The van der Waals surface area contributed by atoms with Gasteiger partial charge in [0.15, 0.2) is 5.96 Å². The number of aryl methyl sites for hydroxylation is 1. The van der Waals surface area contributed by atoms with E-state index in [1.807, 2.05) is 6.20 Å². The van der Waals surface area contributed by atoms with Crippen molar-refractivity contribution < 1.29 is 17.9 Å². The van der Waals surface area contributed by atoms with E-state index in [0.717, 1.165) is 17.5 Å². The average molecular weight is 386 g/mol. The summed E-state index contributed by atoms with van der Waals surface area (Å²) in [6.07, 6.45) is -1.64. The third kappa shape index (κ3) is 5.91. The van der Waals surface area contributed by atoms with Gasteiger partial charge in [-0.25, -0.2) is 4.98 Å². The number of benzene rings is 1. The zero-order valence-corrected chi connectivity index (χ0v) is 15.4. The van der Waals surface area contributed by atoms with E-state index in [2.05, 4.69) is 27.5 Å². The fourth-order valence-corrected chi connectivity index (χ4v) is 2.93. The van der Waals surface area contributed by atoms with Gasteiger partial charge in [0, 0.05) is 18.1 Å². The minimum Gasteiger partial charge on any atom is -0.491 e. The topological polar surface area (TPSA) is 58.5 Å². The number of hydrogen-bond acceptors (Lipinski definition) is 4. The van der Waals surface area contributed by atoms with Crippen molar-refractivity contribution in [2.45, 2.75) is 26.1 Å². The van der Waals surface area contributed by atoms with Crippen LogP contribution < -0.4 is 15.4 Å². The number of nitrogens with zero attached hydrogens (tertiary/aromatic N) is 2. The molecule has 0 amide bonds. The Morgan fingerprint density at radius 1 is 1.27 bits per heavy atom. The number of aliphatic imine (C=N–C) groups is 1. The maximum Gasteiger partial charge on any atom is 0.419 e. The quantitative estimate of drug-likeness (QED) is 0.435. The van der Waals surface area contributed by atoms with Crippen LogP contribution in [0, 0.1) is 0 Å². The number of nitrogens with one attached hydrogen (secondary N) is 2. The van der Waals surface area contributed by atoms with Gasteiger partial charge in [-0.2, -0.15) is 13.2 Å². The van der Waals surface area contributed by atoms with Crippen molar-refractivity contribution >= 4 is 17.3 Å². The van der Waals surface area contributed by atoms with Crippen molar-refractivity contribution in [2.75, 3.05) is 20.2 Å². The van der Waals surface area contributed by atoms with E-state index in [0.29, 0.717) is 19.0 Å². The molecule has 0 atom stereocenters. The van der Waals surface area contributed by atoms with Crippen molar-refractivity contribution in [3.05, 3.63) is 45.9 Å². The molecule has 1 aromatic carbocycles. The lowest BCUT2D eigenvalue weighted by Gasteiger charge is -2.15. The summed E-state index contributed by atoms with van der Waals surface area (Å²) in [6.45, 7) is 2.99. The first-order valence-electron chi connectivity index (χ1n) is 8.11. The molecule has 0 aliphatic heterocycles. The number of hydrogen-bond donors (Lipinski definition) is 2. The summed E-state index contributed by atoms with van der Waals surface area (Å²) in [5.41, 5.74) is -0.780. The number of para-hydroxylation sites is 1. The number of alkyl halides is 3. The molecule has 2 rings (SSSR count). The molecule has 0 aliphatic carbocycles. The second kappa shape index (κ2) is 9.42. The summed E-state index contributed by atoms with van der Waals surface area (Å²) in [6, 6.07) is 5.16. The average Bonchev–Trinajstić information content (AvgIpc) is 3.08. The summed E-state index contributed by atoms with van der Waals surface area (Å²) in [5.74, 6) is 0.352. The molecule has 0 saturated carbocycles. The van der Waals surface area contributed by atoms with Crippen LogP contribution in [0.15, 0.2) is 35.5 Å². The lowest BCUT2D eigenvalue weighted by atomic mass is 10.2. The molecule has 2 aromatic rings. The van der Waals surface area contributed by atoms with Crippen LogP contribution >= 0.6 is 11.3 Å². The van der Waals surface area contributed by atoms with Crippen LogP contribution in [0.4, 0.5) is 13.2 Å². The minimum atomic E-state index is -4.44. The van der Waals surface area contributed by atoms with Crippen molar-refractivity contribution in [1.82, 2.24) is 15.6 Å². The summed E-state index contributed by atoms with van der Waals surface area (Å²) in [5, 5.41) is 7.05. The molecule has 2 N–H and O–H groups in total. The van der Waals surface area contributed by atoms with Crippen LogP contribution in [0.5, 0.6) is 5.75 Å². The molecule has 0 fully saturated rings. The van der Waals surface area contributed by atoms with Gasteiger partial charge in [0.25, 0.3) is 0 Å². The van der Waals surface area contributed by atoms with Crippen molar-refractivity contribution in [2.24, 2.45) is 4.99 Å². The fraction of sp³-hybridized carbons (Fsp3) is 0.412. The summed E-state index contributed by atoms with van der Waals surface area (Å²) in [7, 11) is 1.62. The first kappa shape index (κ1) is 20.0. The van der Waals surface area contributed by atoms with E-state index in [9.17, 15) is 13.2 Å². The van der Waals surface area contributed by atoms with Crippen LogP contribution in [0.3, 0.4) is 0 Å². The number of halogens is 3. The summed E-state index contributed by atoms with van der Waals surface area (Å²) < 4.78 is 44.0. The monoisotopic (exact) mass is 386 g/mol. The number of rotatable bonds is 7. The maximum absolute atomic E-state index is 12.9. The molecule has 142 valence electrons. The second-order valence-corrected chi connectivity index (χ2v) is 6.47. The van der Waals surface area contributed by atoms with Gasteiger partial charge in [-0.05, 0) is 18.6 Å². The Labute approximate surface area is 154 Å². The zero-order chi connectivity index (χ0) is 19.0. The third-order valence-corrected chi connectivity index (χ3v) is 4.57.